The highest BCUT2D eigenvalue weighted by Gasteiger charge is 2.40. The first-order valence-corrected chi connectivity index (χ1v) is 8.75. The molecule has 0 spiro atoms. The van der Waals surface area contributed by atoms with Gasteiger partial charge in [-0.3, -0.25) is 14.6 Å². The first-order valence-electron chi connectivity index (χ1n) is 8.75. The number of anilines is 1. The van der Waals surface area contributed by atoms with Crippen molar-refractivity contribution in [1.82, 2.24) is 10.3 Å². The quantitative estimate of drug-likeness (QED) is 0.759. The number of methoxy groups -OCH3 is 1. The maximum Gasteiger partial charge on any atom is 0.311 e. The summed E-state index contributed by atoms with van der Waals surface area (Å²) in [5.41, 5.74) is 2.19. The third kappa shape index (κ3) is 4.38. The molecule has 27 heavy (non-hydrogen) atoms. The third-order valence-electron chi connectivity index (χ3n) is 4.47. The Labute approximate surface area is 158 Å². The lowest BCUT2D eigenvalue weighted by atomic mass is 9.93. The number of rotatable bonds is 7. The van der Waals surface area contributed by atoms with E-state index in [9.17, 15) is 9.59 Å². The fourth-order valence-corrected chi connectivity index (χ4v) is 3.04. The molecule has 0 fully saturated rings. The zero-order valence-electron chi connectivity index (χ0n) is 15.3. The van der Waals surface area contributed by atoms with Crippen LogP contribution in [-0.2, 0) is 20.9 Å². The highest BCUT2D eigenvalue weighted by Crippen LogP contribution is 2.27. The first-order chi connectivity index (χ1) is 13.1. The van der Waals surface area contributed by atoms with Gasteiger partial charge >= 0.3 is 5.97 Å². The van der Waals surface area contributed by atoms with Crippen molar-refractivity contribution in [2.24, 2.45) is 11.0 Å². The van der Waals surface area contributed by atoms with Gasteiger partial charge in [-0.05, 0) is 30.7 Å². The van der Waals surface area contributed by atoms with Gasteiger partial charge in [0.25, 0.3) is 5.91 Å². The lowest BCUT2D eigenvalue weighted by molar-refractivity contribution is -0.139. The number of hydrogen-bond donors (Lipinski definition) is 1. The summed E-state index contributed by atoms with van der Waals surface area (Å²) in [5.74, 6) is -1.12. The number of hydrogen-bond acceptors (Lipinski definition) is 6. The van der Waals surface area contributed by atoms with Crippen LogP contribution >= 0.6 is 0 Å². The Morgan fingerprint density at radius 1 is 1.26 bits per heavy atom. The summed E-state index contributed by atoms with van der Waals surface area (Å²) in [6.45, 7) is 2.48. The van der Waals surface area contributed by atoms with Crippen LogP contribution in [0.3, 0.4) is 0 Å². The van der Waals surface area contributed by atoms with Crippen LogP contribution in [0.4, 0.5) is 5.69 Å². The van der Waals surface area contributed by atoms with Gasteiger partial charge in [0.1, 0.15) is 0 Å². The standard InChI is InChI=1S/C20H22N4O3/c1-14(22-13-15-7-6-10-21-12-15)19-17(11-18(25)27-2)23-24(20(19)26)16-8-4-3-5-9-16/h3-10,12,14,19,22H,11,13H2,1-2H3. The van der Waals surface area contributed by atoms with Gasteiger partial charge in [0, 0.05) is 25.0 Å². The normalized spacial score (nSPS) is 17.6. The molecule has 0 bridgehead atoms. The molecule has 2 atom stereocenters. The van der Waals surface area contributed by atoms with E-state index < -0.39 is 11.9 Å². The number of esters is 1. The SMILES string of the molecule is COC(=O)CC1=NN(c2ccccc2)C(=O)C1C(C)NCc1cccnc1. The Balaban J connectivity index is 1.79. The van der Waals surface area contributed by atoms with Crippen molar-refractivity contribution in [3.8, 4) is 0 Å². The van der Waals surface area contributed by atoms with Crippen LogP contribution in [-0.4, -0.2) is 35.7 Å². The molecule has 2 heterocycles. The predicted molar refractivity (Wildman–Crippen MR) is 102 cm³/mol. The molecule has 1 aromatic heterocycles. The van der Waals surface area contributed by atoms with Crippen molar-refractivity contribution in [2.45, 2.75) is 25.9 Å². The third-order valence-corrected chi connectivity index (χ3v) is 4.47. The highest BCUT2D eigenvalue weighted by atomic mass is 16.5. The van der Waals surface area contributed by atoms with Gasteiger partial charge in [-0.2, -0.15) is 5.10 Å². The zero-order valence-corrected chi connectivity index (χ0v) is 15.3. The van der Waals surface area contributed by atoms with E-state index in [1.54, 1.807) is 12.4 Å². The van der Waals surface area contributed by atoms with Crippen LogP contribution in [0.5, 0.6) is 0 Å². The first kappa shape index (κ1) is 18.7. The number of nitrogens with zero attached hydrogens (tertiary/aromatic N) is 3. The lowest BCUT2D eigenvalue weighted by Crippen LogP contribution is -2.42. The molecule has 2 aromatic rings. The van der Waals surface area contributed by atoms with Gasteiger partial charge < -0.3 is 10.1 Å². The summed E-state index contributed by atoms with van der Waals surface area (Å²) in [7, 11) is 1.33. The molecule has 1 amide bonds. The Morgan fingerprint density at radius 3 is 2.70 bits per heavy atom. The Morgan fingerprint density at radius 2 is 2.04 bits per heavy atom. The second-order valence-electron chi connectivity index (χ2n) is 6.34. The van der Waals surface area contributed by atoms with Crippen molar-refractivity contribution in [3.63, 3.8) is 0 Å². The number of benzene rings is 1. The Bertz CT molecular complexity index is 824. The van der Waals surface area contributed by atoms with Crippen LogP contribution in [0.15, 0.2) is 60.0 Å². The van der Waals surface area contributed by atoms with Crippen molar-refractivity contribution < 1.29 is 14.3 Å². The minimum atomic E-state index is -0.541. The number of carbonyl (C=O) groups excluding carboxylic acids is 2. The van der Waals surface area contributed by atoms with Gasteiger partial charge in [0.2, 0.25) is 0 Å². The second kappa shape index (κ2) is 8.55. The van der Waals surface area contributed by atoms with Crippen molar-refractivity contribution in [1.29, 1.82) is 0 Å². The van der Waals surface area contributed by atoms with Crippen molar-refractivity contribution in [2.75, 3.05) is 12.1 Å². The summed E-state index contributed by atoms with van der Waals surface area (Å²) in [6.07, 6.45) is 3.47. The summed E-state index contributed by atoms with van der Waals surface area (Å²) < 4.78 is 4.77. The topological polar surface area (TPSA) is 83.9 Å². The fourth-order valence-electron chi connectivity index (χ4n) is 3.04. The van der Waals surface area contributed by atoms with Crippen LogP contribution in [0, 0.1) is 5.92 Å². The van der Waals surface area contributed by atoms with E-state index in [1.807, 2.05) is 49.4 Å². The van der Waals surface area contributed by atoms with E-state index in [4.69, 9.17) is 4.74 Å². The molecule has 0 saturated heterocycles. The van der Waals surface area contributed by atoms with E-state index in [0.29, 0.717) is 17.9 Å². The van der Waals surface area contributed by atoms with Crippen LogP contribution in [0.25, 0.3) is 0 Å². The highest BCUT2D eigenvalue weighted by molar-refractivity contribution is 6.19. The van der Waals surface area contributed by atoms with Gasteiger partial charge in [0.15, 0.2) is 0 Å². The molecular weight excluding hydrogens is 344 g/mol. The molecule has 0 aliphatic carbocycles. The van der Waals surface area contributed by atoms with E-state index in [1.165, 1.54) is 12.1 Å². The molecule has 3 rings (SSSR count). The predicted octanol–water partition coefficient (Wildman–Crippen LogP) is 2.14. The van der Waals surface area contributed by atoms with Gasteiger partial charge in [-0.15, -0.1) is 0 Å². The van der Waals surface area contributed by atoms with E-state index in [-0.39, 0.29) is 18.4 Å². The summed E-state index contributed by atoms with van der Waals surface area (Å²) in [4.78, 5) is 28.9. The minimum absolute atomic E-state index is 0.0187. The molecule has 1 aliphatic rings. The molecule has 7 heteroatoms. The molecule has 1 aromatic carbocycles. The van der Waals surface area contributed by atoms with Crippen LogP contribution in [0.2, 0.25) is 0 Å². The number of carbonyl (C=O) groups is 2. The van der Waals surface area contributed by atoms with Crippen molar-refractivity contribution in [3.05, 3.63) is 60.4 Å². The summed E-state index contributed by atoms with van der Waals surface area (Å²) >= 11 is 0. The number of amides is 1. The number of ether oxygens (including phenoxy) is 1. The molecule has 1 aliphatic heterocycles. The van der Waals surface area contributed by atoms with E-state index in [0.717, 1.165) is 5.56 Å². The largest absolute Gasteiger partial charge is 0.469 e. The molecule has 7 nitrogen and oxygen atoms in total. The van der Waals surface area contributed by atoms with Gasteiger partial charge in [-0.1, -0.05) is 24.3 Å². The molecule has 0 saturated carbocycles. The molecule has 2 unspecified atom stereocenters. The maximum atomic E-state index is 13.0. The molecular formula is C20H22N4O3. The molecule has 140 valence electrons. The average molecular weight is 366 g/mol. The number of hydrazone groups is 1. The monoisotopic (exact) mass is 366 g/mol. The molecule has 0 radical (unpaired) electrons. The number of nitrogens with one attached hydrogen (secondary N) is 1. The Hall–Kier alpha value is -3.06. The lowest BCUT2D eigenvalue weighted by Gasteiger charge is -2.21. The van der Waals surface area contributed by atoms with Crippen LogP contribution in [0.1, 0.15) is 18.9 Å². The zero-order chi connectivity index (χ0) is 19.2. The van der Waals surface area contributed by atoms with E-state index in [2.05, 4.69) is 15.4 Å². The van der Waals surface area contributed by atoms with E-state index >= 15 is 0 Å². The van der Waals surface area contributed by atoms with Gasteiger partial charge in [0.05, 0.1) is 30.8 Å². The number of para-hydroxylation sites is 1. The van der Waals surface area contributed by atoms with Gasteiger partial charge in [-0.25, -0.2) is 5.01 Å². The van der Waals surface area contributed by atoms with Crippen LogP contribution < -0.4 is 10.3 Å². The number of pyridine rings is 1. The minimum Gasteiger partial charge on any atom is -0.469 e. The Kier molecular flexibility index (Phi) is 5.93. The smallest absolute Gasteiger partial charge is 0.311 e. The summed E-state index contributed by atoms with van der Waals surface area (Å²) in [5, 5.41) is 9.14. The maximum absolute atomic E-state index is 13.0. The van der Waals surface area contributed by atoms with Crippen molar-refractivity contribution >= 4 is 23.3 Å². The fraction of sp³-hybridized carbons (Fsp3) is 0.300. The number of aromatic nitrogens is 1. The average Bonchev–Trinajstić information content (AvgIpc) is 3.03. The second-order valence-corrected chi connectivity index (χ2v) is 6.34. The summed E-state index contributed by atoms with van der Waals surface area (Å²) in [6, 6.07) is 12.8. The molecule has 1 N–H and O–H groups in total.